The summed E-state index contributed by atoms with van der Waals surface area (Å²) >= 11 is 1.06. The lowest BCUT2D eigenvalue weighted by Gasteiger charge is -2.10. The summed E-state index contributed by atoms with van der Waals surface area (Å²) in [5.74, 6) is 0. The first-order chi connectivity index (χ1) is 8.49. The Balaban J connectivity index is 2.58. The molecule has 0 fully saturated rings. The number of carbonyl (C=O) groups is 1. The Morgan fingerprint density at radius 2 is 2.17 bits per heavy atom. The minimum absolute atomic E-state index is 0.0983. The highest BCUT2D eigenvalue weighted by Crippen LogP contribution is 2.23. The fourth-order valence-corrected chi connectivity index (χ4v) is 2.23. The van der Waals surface area contributed by atoms with Gasteiger partial charge in [-0.15, -0.1) is 0 Å². The number of hydrogen-bond donors (Lipinski definition) is 0. The van der Waals surface area contributed by atoms with Crippen LogP contribution in [0.3, 0.4) is 0 Å². The topological polar surface area (TPSA) is 54.7 Å². The maximum absolute atomic E-state index is 11.8. The highest BCUT2D eigenvalue weighted by Gasteiger charge is 2.11. The molecule has 2 aromatic heterocycles. The van der Waals surface area contributed by atoms with E-state index >= 15 is 0 Å². The summed E-state index contributed by atoms with van der Waals surface area (Å²) in [4.78, 5) is 30.0. The van der Waals surface area contributed by atoms with Crippen molar-refractivity contribution in [3.05, 3.63) is 40.4 Å². The molecule has 6 heteroatoms. The number of nitrogens with zero attached hydrogens (tertiary/aromatic N) is 3. The van der Waals surface area contributed by atoms with Gasteiger partial charge in [0.1, 0.15) is 0 Å². The zero-order valence-corrected chi connectivity index (χ0v) is 11.2. The largest absolute Gasteiger partial charge is 0.339 e. The van der Waals surface area contributed by atoms with Crippen molar-refractivity contribution in [1.82, 2.24) is 14.3 Å². The lowest BCUT2D eigenvalue weighted by atomic mass is 10.4. The zero-order chi connectivity index (χ0) is 13.3. The van der Waals surface area contributed by atoms with E-state index in [0.29, 0.717) is 16.2 Å². The molecule has 0 unspecified atom stereocenters. The molecule has 0 atom stereocenters. The molecule has 18 heavy (non-hydrogen) atoms. The van der Waals surface area contributed by atoms with Crippen molar-refractivity contribution in [3.8, 4) is 0 Å². The van der Waals surface area contributed by atoms with E-state index in [1.165, 1.54) is 15.4 Å². The van der Waals surface area contributed by atoms with Gasteiger partial charge in [-0.3, -0.25) is 14.0 Å². The second-order valence-electron chi connectivity index (χ2n) is 4.06. The molecule has 0 spiro atoms. The SMILES string of the molecule is Cc1cc(=O)n2cccc(SC(=O)N(C)C)c2n1. The molecule has 1 amide bonds. The van der Waals surface area contributed by atoms with E-state index in [9.17, 15) is 9.59 Å². The fourth-order valence-electron chi connectivity index (χ4n) is 1.48. The minimum Gasteiger partial charge on any atom is -0.339 e. The predicted octanol–water partition coefficient (Wildman–Crippen LogP) is 1.78. The van der Waals surface area contributed by atoms with Gasteiger partial charge in [0.2, 0.25) is 0 Å². The molecule has 0 radical (unpaired) electrons. The molecule has 0 saturated carbocycles. The van der Waals surface area contributed by atoms with Crippen molar-refractivity contribution in [2.24, 2.45) is 0 Å². The number of aromatic nitrogens is 2. The molecule has 0 saturated heterocycles. The summed E-state index contributed by atoms with van der Waals surface area (Å²) in [5, 5.41) is -0.0983. The maximum atomic E-state index is 11.8. The third-order valence-corrected chi connectivity index (χ3v) is 3.42. The molecule has 0 aromatic carbocycles. The van der Waals surface area contributed by atoms with E-state index in [4.69, 9.17) is 0 Å². The van der Waals surface area contributed by atoms with E-state index in [0.717, 1.165) is 11.8 Å². The van der Waals surface area contributed by atoms with Gasteiger partial charge < -0.3 is 4.90 Å². The summed E-state index contributed by atoms with van der Waals surface area (Å²) in [7, 11) is 3.37. The van der Waals surface area contributed by atoms with E-state index in [1.54, 1.807) is 39.3 Å². The second-order valence-corrected chi connectivity index (χ2v) is 5.06. The molecule has 2 heterocycles. The van der Waals surface area contributed by atoms with Crippen LogP contribution in [-0.4, -0.2) is 33.6 Å². The molecular weight excluding hydrogens is 250 g/mol. The average molecular weight is 263 g/mol. The molecule has 0 aliphatic heterocycles. The highest BCUT2D eigenvalue weighted by molar-refractivity contribution is 8.13. The predicted molar refractivity (Wildman–Crippen MR) is 71.1 cm³/mol. The Kier molecular flexibility index (Phi) is 3.38. The number of pyridine rings is 1. The molecule has 0 bridgehead atoms. The maximum Gasteiger partial charge on any atom is 0.286 e. The van der Waals surface area contributed by atoms with Gasteiger partial charge in [-0.25, -0.2) is 4.98 Å². The van der Waals surface area contributed by atoms with Gasteiger partial charge in [-0.1, -0.05) is 0 Å². The highest BCUT2D eigenvalue weighted by atomic mass is 32.2. The molecule has 0 aliphatic rings. The van der Waals surface area contributed by atoms with Gasteiger partial charge in [-0.05, 0) is 30.8 Å². The van der Waals surface area contributed by atoms with Crippen LogP contribution < -0.4 is 5.56 Å². The fraction of sp³-hybridized carbons (Fsp3) is 0.250. The third-order valence-electron chi connectivity index (χ3n) is 2.35. The van der Waals surface area contributed by atoms with Crippen molar-refractivity contribution in [1.29, 1.82) is 0 Å². The normalized spacial score (nSPS) is 10.6. The van der Waals surface area contributed by atoms with Crippen LogP contribution in [0.25, 0.3) is 5.65 Å². The van der Waals surface area contributed by atoms with Crippen LogP contribution in [0, 0.1) is 6.92 Å². The van der Waals surface area contributed by atoms with E-state index in [-0.39, 0.29) is 10.8 Å². The van der Waals surface area contributed by atoms with Crippen molar-refractivity contribution >= 4 is 22.6 Å². The minimum atomic E-state index is -0.141. The van der Waals surface area contributed by atoms with Gasteiger partial charge in [-0.2, -0.15) is 0 Å². The molecule has 2 aromatic rings. The van der Waals surface area contributed by atoms with Crippen LogP contribution in [-0.2, 0) is 0 Å². The Morgan fingerprint density at radius 1 is 1.44 bits per heavy atom. The number of thioether (sulfide) groups is 1. The van der Waals surface area contributed by atoms with E-state index in [2.05, 4.69) is 4.98 Å². The number of rotatable bonds is 1. The van der Waals surface area contributed by atoms with Gasteiger partial charge in [0.15, 0.2) is 5.65 Å². The standard InChI is InChI=1S/C12H13N3O2S/c1-8-7-10(16)15-6-4-5-9(11(15)13-8)18-12(17)14(2)3/h4-7H,1-3H3. The van der Waals surface area contributed by atoms with Crippen LogP contribution in [0.1, 0.15) is 5.69 Å². The third kappa shape index (κ3) is 2.38. The Morgan fingerprint density at radius 3 is 2.83 bits per heavy atom. The zero-order valence-electron chi connectivity index (χ0n) is 10.4. The monoisotopic (exact) mass is 263 g/mol. The van der Waals surface area contributed by atoms with Gasteiger partial charge >= 0.3 is 0 Å². The summed E-state index contributed by atoms with van der Waals surface area (Å²) in [6, 6.07) is 4.99. The summed E-state index contributed by atoms with van der Waals surface area (Å²) < 4.78 is 1.44. The Hall–Kier alpha value is -1.82. The summed E-state index contributed by atoms with van der Waals surface area (Å²) in [6.45, 7) is 1.76. The summed E-state index contributed by atoms with van der Waals surface area (Å²) in [5.41, 5.74) is 1.02. The van der Waals surface area contributed by atoms with Gasteiger partial charge in [0, 0.05) is 32.1 Å². The van der Waals surface area contributed by atoms with Crippen LogP contribution in [0.4, 0.5) is 4.79 Å². The van der Waals surface area contributed by atoms with Crippen molar-refractivity contribution in [3.63, 3.8) is 0 Å². The lowest BCUT2D eigenvalue weighted by Crippen LogP contribution is -2.18. The molecule has 94 valence electrons. The first-order valence-corrected chi connectivity index (χ1v) is 6.19. The number of carbonyl (C=O) groups excluding carboxylic acids is 1. The Bertz CT molecular complexity index is 664. The van der Waals surface area contributed by atoms with Gasteiger partial charge in [0.25, 0.3) is 10.8 Å². The van der Waals surface area contributed by atoms with Gasteiger partial charge in [0.05, 0.1) is 4.90 Å². The smallest absolute Gasteiger partial charge is 0.286 e. The van der Waals surface area contributed by atoms with E-state index < -0.39 is 0 Å². The molecule has 2 rings (SSSR count). The number of hydrogen-bond acceptors (Lipinski definition) is 4. The van der Waals surface area contributed by atoms with Crippen LogP contribution >= 0.6 is 11.8 Å². The first-order valence-electron chi connectivity index (χ1n) is 5.37. The first kappa shape index (κ1) is 12.6. The van der Waals surface area contributed by atoms with Crippen molar-refractivity contribution < 1.29 is 4.79 Å². The van der Waals surface area contributed by atoms with E-state index in [1.807, 2.05) is 0 Å². The number of fused-ring (bicyclic) bond motifs is 1. The molecule has 0 aliphatic carbocycles. The average Bonchev–Trinajstić information content (AvgIpc) is 2.29. The Labute approximate surface area is 108 Å². The van der Waals surface area contributed by atoms with Crippen LogP contribution in [0.2, 0.25) is 0 Å². The lowest BCUT2D eigenvalue weighted by molar-refractivity contribution is 0.241. The molecular formula is C12H13N3O2S. The number of amides is 1. The number of aryl methyl sites for hydroxylation is 1. The second kappa shape index (κ2) is 4.81. The quantitative estimate of drug-likeness (QED) is 0.736. The van der Waals surface area contributed by atoms with Crippen molar-refractivity contribution in [2.45, 2.75) is 11.8 Å². The van der Waals surface area contributed by atoms with Crippen molar-refractivity contribution in [2.75, 3.05) is 14.1 Å². The molecule has 0 N–H and O–H groups in total. The van der Waals surface area contributed by atoms with Crippen LogP contribution in [0.15, 0.2) is 34.1 Å². The summed E-state index contributed by atoms with van der Waals surface area (Å²) in [6.07, 6.45) is 1.65. The molecule has 5 nitrogen and oxygen atoms in total. The van der Waals surface area contributed by atoms with Crippen LogP contribution in [0.5, 0.6) is 0 Å².